The normalized spacial score (nSPS) is 15.1. The van der Waals surface area contributed by atoms with Gasteiger partial charge in [-0.1, -0.05) is 18.3 Å². The van der Waals surface area contributed by atoms with E-state index in [9.17, 15) is 0 Å². The molecule has 9 heteroatoms. The molecule has 0 aliphatic carbocycles. The predicted molar refractivity (Wildman–Crippen MR) is 124 cm³/mol. The molecule has 148 valence electrons. The van der Waals surface area contributed by atoms with Crippen LogP contribution in [0.15, 0.2) is 35.5 Å². The molecule has 0 spiro atoms. The third kappa shape index (κ3) is 4.82. The summed E-state index contributed by atoms with van der Waals surface area (Å²) in [5, 5.41) is 7.76. The molecule has 1 aliphatic heterocycles. The first kappa shape index (κ1) is 19.6. The molecule has 0 bridgehead atoms. The summed E-state index contributed by atoms with van der Waals surface area (Å²) in [6, 6.07) is 6.57. The van der Waals surface area contributed by atoms with Gasteiger partial charge in [0.15, 0.2) is 5.13 Å². The van der Waals surface area contributed by atoms with Gasteiger partial charge in [0.2, 0.25) is 5.95 Å². The zero-order chi connectivity index (χ0) is 19.3. The molecule has 0 amide bonds. The first-order valence-electron chi connectivity index (χ1n) is 9.36. The number of anilines is 3. The standard InChI is InChI=1S/C19H24N6S3/c1-13(9-20-18-21-11-15(26-2)12-22-18)10-23-19-24-16-5-4-14(8-17(16)28-19)25-6-3-7-27-25/h4-5,8,11-13H,3,6-7,9-10H2,1-2H3,(H,23,24)(H,20,21,22). The first-order valence-corrected chi connectivity index (χ1v) is 12.3. The Balaban J connectivity index is 1.30. The van der Waals surface area contributed by atoms with Crippen LogP contribution in [-0.4, -0.2) is 46.6 Å². The average molecular weight is 433 g/mol. The van der Waals surface area contributed by atoms with Crippen LogP contribution in [0, 0.1) is 5.92 Å². The topological polar surface area (TPSA) is 66.0 Å². The van der Waals surface area contributed by atoms with Crippen LogP contribution in [0.5, 0.6) is 0 Å². The Morgan fingerprint density at radius 2 is 2.04 bits per heavy atom. The maximum atomic E-state index is 4.72. The number of thioether (sulfide) groups is 1. The quantitative estimate of drug-likeness (QED) is 0.388. The number of hydrogen-bond acceptors (Lipinski definition) is 9. The van der Waals surface area contributed by atoms with Gasteiger partial charge in [-0.15, -0.1) is 11.8 Å². The summed E-state index contributed by atoms with van der Waals surface area (Å²) in [5.74, 6) is 2.32. The Labute approximate surface area is 178 Å². The average Bonchev–Trinajstić information content (AvgIpc) is 3.40. The second-order valence-corrected chi connectivity index (χ2v) is 9.79. The molecule has 1 aromatic carbocycles. The minimum atomic E-state index is 0.424. The smallest absolute Gasteiger partial charge is 0.222 e. The van der Waals surface area contributed by atoms with Crippen LogP contribution < -0.4 is 14.9 Å². The van der Waals surface area contributed by atoms with Gasteiger partial charge in [-0.3, -0.25) is 0 Å². The Morgan fingerprint density at radius 3 is 2.79 bits per heavy atom. The summed E-state index contributed by atoms with van der Waals surface area (Å²) in [6.45, 7) is 5.00. The van der Waals surface area contributed by atoms with Crippen molar-refractivity contribution >= 4 is 62.0 Å². The minimum Gasteiger partial charge on any atom is -0.361 e. The summed E-state index contributed by atoms with van der Waals surface area (Å²) in [5.41, 5.74) is 2.35. The highest BCUT2D eigenvalue weighted by Gasteiger charge is 2.15. The second kappa shape index (κ2) is 9.19. The van der Waals surface area contributed by atoms with Crippen molar-refractivity contribution in [3.8, 4) is 0 Å². The predicted octanol–water partition coefficient (Wildman–Crippen LogP) is 4.83. The van der Waals surface area contributed by atoms with Crippen molar-refractivity contribution in [3.05, 3.63) is 30.6 Å². The Kier molecular flexibility index (Phi) is 6.43. The molecule has 1 atom stereocenters. The van der Waals surface area contributed by atoms with Gasteiger partial charge in [0.1, 0.15) is 0 Å². The SMILES string of the molecule is CSc1cnc(NCC(C)CNc2nc3ccc(N4CCCS4)cc3s2)nc1. The highest BCUT2D eigenvalue weighted by Crippen LogP contribution is 2.34. The lowest BCUT2D eigenvalue weighted by Crippen LogP contribution is -2.20. The van der Waals surface area contributed by atoms with E-state index < -0.39 is 0 Å². The van der Waals surface area contributed by atoms with Gasteiger partial charge in [0.05, 0.1) is 10.2 Å². The summed E-state index contributed by atoms with van der Waals surface area (Å²) in [6.07, 6.45) is 6.97. The lowest BCUT2D eigenvalue weighted by molar-refractivity contribution is 0.645. The highest BCUT2D eigenvalue weighted by molar-refractivity contribution is 8.00. The molecule has 1 aliphatic rings. The number of benzene rings is 1. The van der Waals surface area contributed by atoms with E-state index in [1.807, 2.05) is 30.6 Å². The number of nitrogens with one attached hydrogen (secondary N) is 2. The number of fused-ring (bicyclic) bond motifs is 1. The summed E-state index contributed by atoms with van der Waals surface area (Å²) >= 11 is 5.28. The van der Waals surface area contributed by atoms with E-state index in [-0.39, 0.29) is 0 Å². The number of thiazole rings is 1. The maximum absolute atomic E-state index is 4.72. The maximum Gasteiger partial charge on any atom is 0.222 e. The summed E-state index contributed by atoms with van der Waals surface area (Å²) in [7, 11) is 0. The molecule has 6 nitrogen and oxygen atoms in total. The van der Waals surface area contributed by atoms with E-state index in [4.69, 9.17) is 4.98 Å². The summed E-state index contributed by atoms with van der Waals surface area (Å²) in [4.78, 5) is 14.5. The van der Waals surface area contributed by atoms with Crippen LogP contribution in [0.2, 0.25) is 0 Å². The fourth-order valence-corrected chi connectivity index (χ4v) is 5.13. The second-order valence-electron chi connectivity index (χ2n) is 6.77. The monoisotopic (exact) mass is 432 g/mol. The van der Waals surface area contributed by atoms with E-state index in [0.717, 1.165) is 35.2 Å². The highest BCUT2D eigenvalue weighted by atomic mass is 32.2. The van der Waals surface area contributed by atoms with Crippen molar-refractivity contribution in [2.45, 2.75) is 18.2 Å². The third-order valence-electron chi connectivity index (χ3n) is 4.49. The van der Waals surface area contributed by atoms with E-state index in [0.29, 0.717) is 11.9 Å². The Bertz CT molecular complexity index is 908. The zero-order valence-corrected chi connectivity index (χ0v) is 18.5. The zero-order valence-electron chi connectivity index (χ0n) is 16.0. The molecule has 3 heterocycles. The van der Waals surface area contributed by atoms with E-state index >= 15 is 0 Å². The van der Waals surface area contributed by atoms with E-state index in [1.54, 1.807) is 23.1 Å². The van der Waals surface area contributed by atoms with Crippen LogP contribution in [-0.2, 0) is 0 Å². The lowest BCUT2D eigenvalue weighted by atomic mass is 10.2. The first-order chi connectivity index (χ1) is 13.7. The molecule has 1 unspecified atom stereocenters. The van der Waals surface area contributed by atoms with Crippen LogP contribution >= 0.6 is 35.0 Å². The van der Waals surface area contributed by atoms with Gasteiger partial charge in [0.25, 0.3) is 0 Å². The lowest BCUT2D eigenvalue weighted by Gasteiger charge is -2.15. The number of rotatable bonds is 8. The van der Waals surface area contributed by atoms with E-state index in [1.165, 1.54) is 22.6 Å². The molecular formula is C19H24N6S3. The van der Waals surface area contributed by atoms with Crippen molar-refractivity contribution < 1.29 is 0 Å². The molecule has 2 N–H and O–H groups in total. The minimum absolute atomic E-state index is 0.424. The Morgan fingerprint density at radius 1 is 1.21 bits per heavy atom. The van der Waals surface area contributed by atoms with Crippen molar-refractivity contribution in [3.63, 3.8) is 0 Å². The fraction of sp³-hybridized carbons (Fsp3) is 0.421. The fourth-order valence-electron chi connectivity index (χ4n) is 2.91. The van der Waals surface area contributed by atoms with Crippen molar-refractivity contribution in [1.82, 2.24) is 15.0 Å². The van der Waals surface area contributed by atoms with E-state index in [2.05, 4.69) is 50.0 Å². The number of aromatic nitrogens is 3. The summed E-state index contributed by atoms with van der Waals surface area (Å²) < 4.78 is 3.62. The van der Waals surface area contributed by atoms with Gasteiger partial charge in [-0.2, -0.15) is 0 Å². The molecule has 28 heavy (non-hydrogen) atoms. The molecule has 2 aromatic heterocycles. The van der Waals surface area contributed by atoms with Crippen LogP contribution in [0.3, 0.4) is 0 Å². The largest absolute Gasteiger partial charge is 0.361 e. The third-order valence-corrected chi connectivity index (χ3v) is 7.32. The van der Waals surface area contributed by atoms with Crippen LogP contribution in [0.1, 0.15) is 13.3 Å². The van der Waals surface area contributed by atoms with Crippen LogP contribution in [0.4, 0.5) is 16.8 Å². The molecule has 4 rings (SSSR count). The Hall–Kier alpha value is -1.71. The molecule has 1 saturated heterocycles. The van der Waals surface area contributed by atoms with Gasteiger partial charge in [-0.25, -0.2) is 15.0 Å². The van der Waals surface area contributed by atoms with Crippen molar-refractivity contribution in [2.75, 3.05) is 46.6 Å². The van der Waals surface area contributed by atoms with Gasteiger partial charge < -0.3 is 14.9 Å². The number of hydrogen-bond donors (Lipinski definition) is 2. The van der Waals surface area contributed by atoms with Gasteiger partial charge >= 0.3 is 0 Å². The van der Waals surface area contributed by atoms with Crippen molar-refractivity contribution in [1.29, 1.82) is 0 Å². The van der Waals surface area contributed by atoms with Crippen LogP contribution in [0.25, 0.3) is 10.2 Å². The molecular weight excluding hydrogens is 408 g/mol. The molecule has 0 saturated carbocycles. The molecule has 1 fully saturated rings. The molecule has 0 radical (unpaired) electrons. The van der Waals surface area contributed by atoms with Gasteiger partial charge in [0, 0.05) is 48.4 Å². The van der Waals surface area contributed by atoms with Gasteiger partial charge in [-0.05, 0) is 48.7 Å². The van der Waals surface area contributed by atoms with Crippen molar-refractivity contribution in [2.24, 2.45) is 5.92 Å². The number of nitrogens with zero attached hydrogens (tertiary/aromatic N) is 4. The molecule has 3 aromatic rings.